The molecule has 0 radical (unpaired) electrons. The topological polar surface area (TPSA) is 6.48 Å². The van der Waals surface area contributed by atoms with E-state index in [2.05, 4.69) is 30.2 Å². The van der Waals surface area contributed by atoms with Crippen molar-refractivity contribution < 1.29 is 0 Å². The molecule has 1 saturated heterocycles. The molecule has 78 valence electrons. The highest BCUT2D eigenvalue weighted by Gasteiger charge is 2.17. The van der Waals surface area contributed by atoms with Crippen LogP contribution in [0.5, 0.6) is 0 Å². The standard InChI is InChI=1S/C10H22N2S/c1-11(2)8-9-12-6-4-10(13-3)5-7-12/h10H,4-9H2,1-3H3. The second-order valence-corrected chi connectivity index (χ2v) is 5.22. The molecule has 0 N–H and O–H groups in total. The third-order valence-corrected chi connectivity index (χ3v) is 3.87. The fourth-order valence-corrected chi connectivity index (χ4v) is 2.39. The highest BCUT2D eigenvalue weighted by molar-refractivity contribution is 7.99. The third-order valence-electron chi connectivity index (χ3n) is 2.73. The summed E-state index contributed by atoms with van der Waals surface area (Å²) in [5, 5.41) is 0.926. The van der Waals surface area contributed by atoms with Crippen molar-refractivity contribution in [3.63, 3.8) is 0 Å². The van der Waals surface area contributed by atoms with Crippen molar-refractivity contribution >= 4 is 11.8 Å². The van der Waals surface area contributed by atoms with Crippen LogP contribution in [0.1, 0.15) is 12.8 Å². The average molecular weight is 202 g/mol. The zero-order valence-electron chi connectivity index (χ0n) is 9.12. The lowest BCUT2D eigenvalue weighted by Gasteiger charge is -2.31. The summed E-state index contributed by atoms with van der Waals surface area (Å²) in [7, 11) is 4.29. The molecule has 0 bridgehead atoms. The molecule has 0 aliphatic carbocycles. The van der Waals surface area contributed by atoms with Crippen LogP contribution in [0.25, 0.3) is 0 Å². The van der Waals surface area contributed by atoms with Crippen LogP contribution in [-0.4, -0.2) is 61.6 Å². The maximum atomic E-state index is 2.59. The highest BCUT2D eigenvalue weighted by atomic mass is 32.2. The Morgan fingerprint density at radius 3 is 2.38 bits per heavy atom. The number of rotatable bonds is 4. The van der Waals surface area contributed by atoms with Crippen LogP contribution < -0.4 is 0 Å². The first-order valence-corrected chi connectivity index (χ1v) is 6.41. The summed E-state index contributed by atoms with van der Waals surface area (Å²) in [6.45, 7) is 5.05. The van der Waals surface area contributed by atoms with Gasteiger partial charge in [-0.15, -0.1) is 0 Å². The average Bonchev–Trinajstić information content (AvgIpc) is 2.15. The molecule has 1 aliphatic rings. The van der Waals surface area contributed by atoms with Gasteiger partial charge in [0.25, 0.3) is 0 Å². The van der Waals surface area contributed by atoms with Gasteiger partial charge in [-0.05, 0) is 46.3 Å². The molecule has 1 heterocycles. The SMILES string of the molecule is CSC1CCN(CCN(C)C)CC1. The van der Waals surface area contributed by atoms with E-state index in [4.69, 9.17) is 0 Å². The summed E-state index contributed by atoms with van der Waals surface area (Å²) < 4.78 is 0. The van der Waals surface area contributed by atoms with Crippen molar-refractivity contribution in [1.29, 1.82) is 0 Å². The smallest absolute Gasteiger partial charge is 0.0109 e. The summed E-state index contributed by atoms with van der Waals surface area (Å²) in [6.07, 6.45) is 5.00. The zero-order chi connectivity index (χ0) is 9.68. The van der Waals surface area contributed by atoms with Gasteiger partial charge in [0, 0.05) is 18.3 Å². The van der Waals surface area contributed by atoms with Crippen molar-refractivity contribution in [2.45, 2.75) is 18.1 Å². The van der Waals surface area contributed by atoms with E-state index in [0.29, 0.717) is 0 Å². The Kier molecular flexibility index (Phi) is 5.14. The van der Waals surface area contributed by atoms with E-state index in [1.54, 1.807) is 0 Å². The number of likely N-dealkylation sites (N-methyl/N-ethyl adjacent to an activating group) is 1. The van der Waals surface area contributed by atoms with Gasteiger partial charge in [-0.2, -0.15) is 11.8 Å². The zero-order valence-corrected chi connectivity index (χ0v) is 9.94. The summed E-state index contributed by atoms with van der Waals surface area (Å²) in [5.41, 5.74) is 0. The molecule has 0 amide bonds. The molecule has 0 aromatic rings. The molecule has 0 saturated carbocycles. The van der Waals surface area contributed by atoms with Crippen molar-refractivity contribution in [2.24, 2.45) is 0 Å². The van der Waals surface area contributed by atoms with E-state index in [1.165, 1.54) is 39.0 Å². The van der Waals surface area contributed by atoms with Crippen LogP contribution in [0.4, 0.5) is 0 Å². The molecule has 1 rings (SSSR count). The minimum absolute atomic E-state index is 0.926. The Morgan fingerprint density at radius 1 is 1.31 bits per heavy atom. The van der Waals surface area contributed by atoms with Gasteiger partial charge in [0.15, 0.2) is 0 Å². The van der Waals surface area contributed by atoms with Crippen LogP contribution in [0.15, 0.2) is 0 Å². The first-order valence-electron chi connectivity index (χ1n) is 5.12. The summed E-state index contributed by atoms with van der Waals surface area (Å²) in [4.78, 5) is 4.85. The van der Waals surface area contributed by atoms with Crippen molar-refractivity contribution in [3.05, 3.63) is 0 Å². The number of nitrogens with zero attached hydrogens (tertiary/aromatic N) is 2. The maximum absolute atomic E-state index is 2.59. The quantitative estimate of drug-likeness (QED) is 0.680. The molecule has 13 heavy (non-hydrogen) atoms. The van der Waals surface area contributed by atoms with Crippen molar-refractivity contribution in [3.8, 4) is 0 Å². The summed E-state index contributed by atoms with van der Waals surface area (Å²) >= 11 is 2.04. The van der Waals surface area contributed by atoms with Crippen molar-refractivity contribution in [2.75, 3.05) is 46.5 Å². The van der Waals surface area contributed by atoms with Crippen LogP contribution >= 0.6 is 11.8 Å². The second-order valence-electron chi connectivity index (χ2n) is 4.08. The van der Waals surface area contributed by atoms with Gasteiger partial charge in [0.05, 0.1) is 0 Å². The molecule has 0 atom stereocenters. The van der Waals surface area contributed by atoms with Crippen molar-refractivity contribution in [1.82, 2.24) is 9.80 Å². The Bertz CT molecular complexity index is 131. The number of thioether (sulfide) groups is 1. The van der Waals surface area contributed by atoms with E-state index in [0.717, 1.165) is 5.25 Å². The molecule has 1 aliphatic heterocycles. The van der Waals surface area contributed by atoms with E-state index < -0.39 is 0 Å². The van der Waals surface area contributed by atoms with Gasteiger partial charge in [-0.25, -0.2) is 0 Å². The van der Waals surface area contributed by atoms with Gasteiger partial charge in [-0.1, -0.05) is 0 Å². The number of likely N-dealkylation sites (tertiary alicyclic amines) is 1. The van der Waals surface area contributed by atoms with E-state index in [-0.39, 0.29) is 0 Å². The van der Waals surface area contributed by atoms with E-state index in [9.17, 15) is 0 Å². The van der Waals surface area contributed by atoms with Gasteiger partial charge in [0.1, 0.15) is 0 Å². The lowest BCUT2D eigenvalue weighted by Crippen LogP contribution is -2.38. The first-order chi connectivity index (χ1) is 6.22. The van der Waals surface area contributed by atoms with Gasteiger partial charge < -0.3 is 9.80 Å². The fraction of sp³-hybridized carbons (Fsp3) is 1.00. The Morgan fingerprint density at radius 2 is 1.92 bits per heavy atom. The van der Waals surface area contributed by atoms with E-state index in [1.807, 2.05) is 11.8 Å². The highest BCUT2D eigenvalue weighted by Crippen LogP contribution is 2.20. The largest absolute Gasteiger partial charge is 0.308 e. The fourth-order valence-electron chi connectivity index (χ4n) is 1.71. The molecule has 1 fully saturated rings. The van der Waals surface area contributed by atoms with Gasteiger partial charge in [-0.3, -0.25) is 0 Å². The molecular formula is C10H22N2S. The molecule has 3 heteroatoms. The molecule has 0 spiro atoms. The Hall–Kier alpha value is 0.270. The molecular weight excluding hydrogens is 180 g/mol. The van der Waals surface area contributed by atoms with E-state index >= 15 is 0 Å². The predicted molar refractivity (Wildman–Crippen MR) is 61.5 cm³/mol. The summed E-state index contributed by atoms with van der Waals surface area (Å²) in [6, 6.07) is 0. The number of hydrogen-bond acceptors (Lipinski definition) is 3. The Balaban J connectivity index is 2.10. The minimum Gasteiger partial charge on any atom is -0.308 e. The maximum Gasteiger partial charge on any atom is 0.0109 e. The molecule has 0 unspecified atom stereocenters. The first kappa shape index (κ1) is 11.3. The normalized spacial score (nSPS) is 21.2. The van der Waals surface area contributed by atoms with Crippen LogP contribution in [0.3, 0.4) is 0 Å². The van der Waals surface area contributed by atoms with Gasteiger partial charge in [0.2, 0.25) is 0 Å². The van der Waals surface area contributed by atoms with Crippen LogP contribution in [0, 0.1) is 0 Å². The molecule has 0 aromatic heterocycles. The molecule has 0 aromatic carbocycles. The third kappa shape index (κ3) is 4.34. The van der Waals surface area contributed by atoms with Crippen LogP contribution in [-0.2, 0) is 0 Å². The lowest BCUT2D eigenvalue weighted by atomic mass is 10.1. The van der Waals surface area contributed by atoms with Gasteiger partial charge >= 0.3 is 0 Å². The summed E-state index contributed by atoms with van der Waals surface area (Å²) in [5.74, 6) is 0. The monoisotopic (exact) mass is 202 g/mol. The lowest BCUT2D eigenvalue weighted by molar-refractivity contribution is 0.210. The van der Waals surface area contributed by atoms with Crippen LogP contribution in [0.2, 0.25) is 0 Å². The number of hydrogen-bond donors (Lipinski definition) is 0. The minimum atomic E-state index is 0.926. The predicted octanol–water partition coefficient (Wildman–Crippen LogP) is 1.38. The Labute approximate surface area is 86.7 Å². The number of piperidine rings is 1. The second kappa shape index (κ2) is 5.89. The molecule has 2 nitrogen and oxygen atoms in total.